The summed E-state index contributed by atoms with van der Waals surface area (Å²) in [7, 11) is 0. The number of hydrogen-bond acceptors (Lipinski definition) is 4. The van der Waals surface area contributed by atoms with E-state index in [9.17, 15) is 9.59 Å². The van der Waals surface area contributed by atoms with E-state index in [4.69, 9.17) is 11.6 Å². The summed E-state index contributed by atoms with van der Waals surface area (Å²) in [6.07, 6.45) is 0.983. The maximum absolute atomic E-state index is 13.2. The summed E-state index contributed by atoms with van der Waals surface area (Å²) < 4.78 is 0. The van der Waals surface area contributed by atoms with Gasteiger partial charge in [0.05, 0.1) is 12.6 Å². The SMILES string of the molecule is Cc1ccc([C@@H]2c3ccsc3CCN2CC(=O)N2CCN(C(=O)CCl)[C@@H](C)C2)cc1. The van der Waals surface area contributed by atoms with E-state index in [1.54, 1.807) is 4.90 Å². The summed E-state index contributed by atoms with van der Waals surface area (Å²) in [5.41, 5.74) is 3.80. The quantitative estimate of drug-likeness (QED) is 0.678. The van der Waals surface area contributed by atoms with Crippen LogP contribution in [0.15, 0.2) is 35.7 Å². The van der Waals surface area contributed by atoms with Crippen LogP contribution >= 0.6 is 22.9 Å². The Balaban J connectivity index is 1.50. The predicted octanol–water partition coefficient (Wildman–Crippen LogP) is 3.30. The first-order valence-corrected chi connectivity index (χ1v) is 11.9. The molecular weight excluding hydrogens is 418 g/mol. The molecule has 0 radical (unpaired) electrons. The molecule has 2 aromatic rings. The highest BCUT2D eigenvalue weighted by Gasteiger charge is 2.34. The lowest BCUT2D eigenvalue weighted by Gasteiger charge is -2.41. The lowest BCUT2D eigenvalue weighted by Crippen LogP contribution is -2.57. The van der Waals surface area contributed by atoms with Gasteiger partial charge in [0.2, 0.25) is 11.8 Å². The molecule has 0 bridgehead atoms. The third-order valence-electron chi connectivity index (χ3n) is 6.21. The summed E-state index contributed by atoms with van der Waals surface area (Å²) in [4.78, 5) is 32.6. The molecule has 4 rings (SSSR count). The number of carbonyl (C=O) groups is 2. The largest absolute Gasteiger partial charge is 0.338 e. The van der Waals surface area contributed by atoms with Crippen molar-refractivity contribution in [1.82, 2.24) is 14.7 Å². The molecule has 2 atom stereocenters. The van der Waals surface area contributed by atoms with Gasteiger partial charge in [0.15, 0.2) is 0 Å². The molecule has 0 saturated carbocycles. The zero-order valence-corrected chi connectivity index (χ0v) is 19.1. The van der Waals surface area contributed by atoms with Crippen LogP contribution in [0.3, 0.4) is 0 Å². The fourth-order valence-electron chi connectivity index (χ4n) is 4.58. The number of alkyl halides is 1. The minimum absolute atomic E-state index is 0.00668. The monoisotopic (exact) mass is 445 g/mol. The molecule has 2 amide bonds. The minimum atomic E-state index is -0.0586. The third-order valence-corrected chi connectivity index (χ3v) is 7.44. The summed E-state index contributed by atoms with van der Waals surface area (Å²) in [6, 6.07) is 11.0. The van der Waals surface area contributed by atoms with Crippen molar-refractivity contribution in [1.29, 1.82) is 0 Å². The zero-order valence-electron chi connectivity index (χ0n) is 17.5. The van der Waals surface area contributed by atoms with Gasteiger partial charge in [-0.3, -0.25) is 14.5 Å². The molecule has 0 unspecified atom stereocenters. The number of halogens is 1. The van der Waals surface area contributed by atoms with Crippen molar-refractivity contribution in [3.05, 3.63) is 57.3 Å². The van der Waals surface area contributed by atoms with Gasteiger partial charge < -0.3 is 9.80 Å². The number of amides is 2. The number of benzene rings is 1. The average Bonchev–Trinajstić information content (AvgIpc) is 3.22. The first-order valence-electron chi connectivity index (χ1n) is 10.5. The number of thiophene rings is 1. The molecule has 0 N–H and O–H groups in total. The fraction of sp³-hybridized carbons (Fsp3) is 0.478. The van der Waals surface area contributed by atoms with Gasteiger partial charge in [-0.15, -0.1) is 22.9 Å². The van der Waals surface area contributed by atoms with Crippen LogP contribution in [0.25, 0.3) is 0 Å². The Morgan fingerprint density at radius 2 is 1.87 bits per heavy atom. The van der Waals surface area contributed by atoms with E-state index >= 15 is 0 Å². The van der Waals surface area contributed by atoms with Crippen LogP contribution in [0.4, 0.5) is 0 Å². The van der Waals surface area contributed by atoms with Gasteiger partial charge in [-0.25, -0.2) is 0 Å². The van der Waals surface area contributed by atoms with Crippen molar-refractivity contribution in [2.45, 2.75) is 32.4 Å². The molecule has 1 fully saturated rings. The topological polar surface area (TPSA) is 43.9 Å². The Hall–Kier alpha value is -1.89. The molecule has 0 aliphatic carbocycles. The summed E-state index contributed by atoms with van der Waals surface area (Å²) >= 11 is 7.53. The molecule has 30 heavy (non-hydrogen) atoms. The van der Waals surface area contributed by atoms with Crippen molar-refractivity contribution >= 4 is 34.8 Å². The van der Waals surface area contributed by atoms with Crippen LogP contribution in [0, 0.1) is 6.92 Å². The summed E-state index contributed by atoms with van der Waals surface area (Å²) in [5, 5.41) is 2.16. The standard InChI is InChI=1S/C23H28ClN3O2S/c1-16-3-5-18(6-4-16)23-19-8-12-30-20(19)7-9-26(23)15-22(29)25-10-11-27(17(2)14-25)21(28)13-24/h3-6,8,12,17,23H,7,9-11,13-15H2,1-2H3/t17-,23+/m0/s1. The van der Waals surface area contributed by atoms with E-state index in [0.717, 1.165) is 13.0 Å². The Morgan fingerprint density at radius 3 is 2.57 bits per heavy atom. The predicted molar refractivity (Wildman–Crippen MR) is 121 cm³/mol. The molecule has 1 aromatic carbocycles. The normalized spacial score (nSPS) is 22.1. The van der Waals surface area contributed by atoms with Crippen LogP contribution < -0.4 is 0 Å². The number of rotatable bonds is 4. The van der Waals surface area contributed by atoms with Crippen molar-refractivity contribution in [2.24, 2.45) is 0 Å². The van der Waals surface area contributed by atoms with Gasteiger partial charge >= 0.3 is 0 Å². The van der Waals surface area contributed by atoms with Crippen LogP contribution in [0.5, 0.6) is 0 Å². The first-order chi connectivity index (χ1) is 14.5. The number of hydrogen-bond donors (Lipinski definition) is 0. The van der Waals surface area contributed by atoms with E-state index < -0.39 is 0 Å². The highest BCUT2D eigenvalue weighted by molar-refractivity contribution is 7.10. The van der Waals surface area contributed by atoms with Gasteiger partial charge in [0.25, 0.3) is 0 Å². The lowest BCUT2D eigenvalue weighted by atomic mass is 9.92. The third kappa shape index (κ3) is 4.27. The van der Waals surface area contributed by atoms with Crippen molar-refractivity contribution in [3.8, 4) is 0 Å². The molecule has 1 saturated heterocycles. The molecule has 2 aliphatic heterocycles. The number of piperazine rings is 1. The second kappa shape index (κ2) is 9.08. The number of nitrogens with zero attached hydrogens (tertiary/aromatic N) is 3. The molecular formula is C23H28ClN3O2S. The maximum Gasteiger partial charge on any atom is 0.237 e. The lowest BCUT2D eigenvalue weighted by molar-refractivity contribution is -0.142. The van der Waals surface area contributed by atoms with E-state index in [2.05, 4.69) is 47.5 Å². The van der Waals surface area contributed by atoms with Crippen molar-refractivity contribution < 1.29 is 9.59 Å². The molecule has 160 valence electrons. The summed E-state index contributed by atoms with van der Waals surface area (Å²) in [5.74, 6) is 0.0696. The van der Waals surface area contributed by atoms with E-state index in [-0.39, 0.29) is 29.8 Å². The Labute approximate surface area is 187 Å². The number of aryl methyl sites for hydroxylation is 1. The van der Waals surface area contributed by atoms with E-state index in [1.165, 1.54) is 21.6 Å². The van der Waals surface area contributed by atoms with E-state index in [0.29, 0.717) is 26.2 Å². The molecule has 1 aromatic heterocycles. The average molecular weight is 446 g/mol. The summed E-state index contributed by atoms with van der Waals surface area (Å²) in [6.45, 7) is 7.03. The van der Waals surface area contributed by atoms with Crippen molar-refractivity contribution in [2.75, 3.05) is 38.6 Å². The van der Waals surface area contributed by atoms with E-state index in [1.807, 2.05) is 23.2 Å². The Morgan fingerprint density at radius 1 is 1.10 bits per heavy atom. The van der Waals surface area contributed by atoms with Gasteiger partial charge in [-0.2, -0.15) is 0 Å². The Kier molecular flexibility index (Phi) is 6.46. The fourth-order valence-corrected chi connectivity index (χ4v) is 5.64. The maximum atomic E-state index is 13.2. The van der Waals surface area contributed by atoms with Crippen LogP contribution in [0.1, 0.15) is 34.5 Å². The van der Waals surface area contributed by atoms with Crippen LogP contribution in [-0.4, -0.2) is 71.2 Å². The number of fused-ring (bicyclic) bond motifs is 1. The molecule has 0 spiro atoms. The van der Waals surface area contributed by atoms with Gasteiger partial charge in [0.1, 0.15) is 5.88 Å². The Bertz CT molecular complexity index is 913. The molecule has 2 aliphatic rings. The van der Waals surface area contributed by atoms with Gasteiger partial charge in [-0.05, 0) is 42.8 Å². The van der Waals surface area contributed by atoms with Crippen molar-refractivity contribution in [3.63, 3.8) is 0 Å². The molecule has 5 nitrogen and oxygen atoms in total. The van der Waals surface area contributed by atoms with Crippen LogP contribution in [0.2, 0.25) is 0 Å². The van der Waals surface area contributed by atoms with Gasteiger partial charge in [-0.1, -0.05) is 29.8 Å². The number of carbonyl (C=O) groups excluding carboxylic acids is 2. The van der Waals surface area contributed by atoms with Crippen LogP contribution in [-0.2, 0) is 16.0 Å². The molecule has 3 heterocycles. The molecule has 7 heteroatoms. The smallest absolute Gasteiger partial charge is 0.237 e. The minimum Gasteiger partial charge on any atom is -0.338 e. The highest BCUT2D eigenvalue weighted by atomic mass is 35.5. The zero-order chi connectivity index (χ0) is 21.3. The second-order valence-corrected chi connectivity index (χ2v) is 9.51. The first kappa shape index (κ1) is 21.3. The highest BCUT2D eigenvalue weighted by Crippen LogP contribution is 2.37. The second-order valence-electron chi connectivity index (χ2n) is 8.24. The van der Waals surface area contributed by atoms with Gasteiger partial charge in [0, 0.05) is 37.1 Å².